The minimum atomic E-state index is 0. The Bertz CT molecular complexity index is 89.7. The van der Waals surface area contributed by atoms with Crippen molar-refractivity contribution in [3.05, 3.63) is 0 Å². The van der Waals surface area contributed by atoms with Crippen molar-refractivity contribution >= 4 is 12.4 Å². The standard InChI is InChI=1S/C7H15NO.ClH/c1-2-9-7-5-3-4-6(7)8;/h6-7H,2-5,8H2,1H3;1H. The lowest BCUT2D eigenvalue weighted by molar-refractivity contribution is 0.0576. The largest absolute Gasteiger partial charge is 0.377 e. The minimum Gasteiger partial charge on any atom is -0.377 e. The van der Waals surface area contributed by atoms with Gasteiger partial charge in [-0.1, -0.05) is 0 Å². The summed E-state index contributed by atoms with van der Waals surface area (Å²) in [5.74, 6) is 0. The van der Waals surface area contributed by atoms with E-state index in [4.69, 9.17) is 10.5 Å². The molecule has 2 unspecified atom stereocenters. The van der Waals surface area contributed by atoms with Crippen molar-refractivity contribution in [1.82, 2.24) is 0 Å². The van der Waals surface area contributed by atoms with E-state index in [1.54, 1.807) is 0 Å². The van der Waals surface area contributed by atoms with E-state index in [0.717, 1.165) is 19.4 Å². The van der Waals surface area contributed by atoms with Crippen LogP contribution in [0.4, 0.5) is 0 Å². The minimum absolute atomic E-state index is 0. The van der Waals surface area contributed by atoms with Gasteiger partial charge >= 0.3 is 0 Å². The first-order valence-electron chi connectivity index (χ1n) is 3.71. The Morgan fingerprint density at radius 3 is 2.60 bits per heavy atom. The quantitative estimate of drug-likeness (QED) is 0.670. The lowest BCUT2D eigenvalue weighted by atomic mass is 10.2. The van der Waals surface area contributed by atoms with Gasteiger partial charge in [0, 0.05) is 12.6 Å². The van der Waals surface area contributed by atoms with Crippen LogP contribution in [0, 0.1) is 0 Å². The zero-order valence-corrected chi connectivity index (χ0v) is 7.19. The van der Waals surface area contributed by atoms with Crippen LogP contribution in [-0.4, -0.2) is 18.8 Å². The summed E-state index contributed by atoms with van der Waals surface area (Å²) >= 11 is 0. The molecule has 0 aliphatic heterocycles. The Morgan fingerprint density at radius 2 is 2.20 bits per heavy atom. The van der Waals surface area contributed by atoms with Gasteiger partial charge in [0.15, 0.2) is 0 Å². The van der Waals surface area contributed by atoms with Crippen LogP contribution in [0.2, 0.25) is 0 Å². The lowest BCUT2D eigenvalue weighted by Gasteiger charge is -2.14. The highest BCUT2D eigenvalue weighted by atomic mass is 35.5. The molecule has 1 aliphatic rings. The second-order valence-corrected chi connectivity index (χ2v) is 2.59. The van der Waals surface area contributed by atoms with Crippen LogP contribution < -0.4 is 5.73 Å². The number of halogens is 1. The van der Waals surface area contributed by atoms with Crippen LogP contribution in [0.3, 0.4) is 0 Å². The Balaban J connectivity index is 0.000000810. The Kier molecular flexibility index (Phi) is 5.04. The summed E-state index contributed by atoms with van der Waals surface area (Å²) in [6.07, 6.45) is 3.90. The highest BCUT2D eigenvalue weighted by Crippen LogP contribution is 2.19. The first-order chi connectivity index (χ1) is 4.34. The Morgan fingerprint density at radius 1 is 1.50 bits per heavy atom. The Hall–Kier alpha value is 0.210. The molecule has 1 saturated carbocycles. The first-order valence-corrected chi connectivity index (χ1v) is 3.71. The molecule has 2 N–H and O–H groups in total. The van der Waals surface area contributed by atoms with E-state index >= 15 is 0 Å². The average molecular weight is 166 g/mol. The van der Waals surface area contributed by atoms with Gasteiger partial charge in [0.05, 0.1) is 6.10 Å². The predicted molar refractivity (Wildman–Crippen MR) is 44.5 cm³/mol. The summed E-state index contributed by atoms with van der Waals surface area (Å²) in [6, 6.07) is 0.310. The van der Waals surface area contributed by atoms with Crippen molar-refractivity contribution in [3.8, 4) is 0 Å². The van der Waals surface area contributed by atoms with E-state index in [9.17, 15) is 0 Å². The molecule has 3 heteroatoms. The van der Waals surface area contributed by atoms with Crippen LogP contribution in [-0.2, 0) is 4.74 Å². The van der Waals surface area contributed by atoms with E-state index in [-0.39, 0.29) is 12.4 Å². The predicted octanol–water partition coefficient (Wildman–Crippen LogP) is 1.32. The molecular formula is C7H16ClNO. The third-order valence-electron chi connectivity index (χ3n) is 1.88. The van der Waals surface area contributed by atoms with Crippen LogP contribution >= 0.6 is 12.4 Å². The maximum Gasteiger partial charge on any atom is 0.0725 e. The highest BCUT2D eigenvalue weighted by molar-refractivity contribution is 5.85. The second kappa shape index (κ2) is 4.94. The third kappa shape index (κ3) is 2.45. The van der Waals surface area contributed by atoms with Gasteiger partial charge < -0.3 is 10.5 Å². The lowest BCUT2D eigenvalue weighted by Crippen LogP contribution is -2.31. The van der Waals surface area contributed by atoms with Gasteiger partial charge in [0.2, 0.25) is 0 Å². The van der Waals surface area contributed by atoms with E-state index in [1.165, 1.54) is 6.42 Å². The molecule has 0 aromatic carbocycles. The van der Waals surface area contributed by atoms with Gasteiger partial charge in [-0.05, 0) is 26.2 Å². The van der Waals surface area contributed by atoms with E-state index in [0.29, 0.717) is 12.1 Å². The Labute approximate surface area is 68.5 Å². The fourth-order valence-electron chi connectivity index (χ4n) is 1.38. The topological polar surface area (TPSA) is 35.2 Å². The fourth-order valence-corrected chi connectivity index (χ4v) is 1.38. The highest BCUT2D eigenvalue weighted by Gasteiger charge is 2.23. The molecule has 2 atom stereocenters. The average Bonchev–Trinajstić information content (AvgIpc) is 2.18. The molecule has 0 saturated heterocycles. The van der Waals surface area contributed by atoms with Gasteiger partial charge in [-0.3, -0.25) is 0 Å². The van der Waals surface area contributed by atoms with E-state index < -0.39 is 0 Å². The fraction of sp³-hybridized carbons (Fsp3) is 1.00. The van der Waals surface area contributed by atoms with Crippen molar-refractivity contribution in [2.75, 3.05) is 6.61 Å². The number of ether oxygens (including phenoxy) is 1. The SMILES string of the molecule is CCOC1CCCC1N.Cl. The number of hydrogen-bond donors (Lipinski definition) is 1. The van der Waals surface area contributed by atoms with Crippen molar-refractivity contribution in [1.29, 1.82) is 0 Å². The number of rotatable bonds is 2. The molecule has 0 amide bonds. The summed E-state index contributed by atoms with van der Waals surface area (Å²) in [5.41, 5.74) is 5.74. The molecule has 10 heavy (non-hydrogen) atoms. The zero-order valence-electron chi connectivity index (χ0n) is 6.38. The molecule has 2 nitrogen and oxygen atoms in total. The van der Waals surface area contributed by atoms with Gasteiger partial charge in [0.25, 0.3) is 0 Å². The summed E-state index contributed by atoms with van der Waals surface area (Å²) < 4.78 is 5.39. The molecule has 0 aromatic rings. The molecule has 0 spiro atoms. The molecule has 0 radical (unpaired) electrons. The van der Waals surface area contributed by atoms with Gasteiger partial charge in [-0.2, -0.15) is 0 Å². The smallest absolute Gasteiger partial charge is 0.0725 e. The van der Waals surface area contributed by atoms with Gasteiger partial charge in [0.1, 0.15) is 0 Å². The monoisotopic (exact) mass is 165 g/mol. The van der Waals surface area contributed by atoms with Crippen LogP contribution in [0.5, 0.6) is 0 Å². The molecule has 0 heterocycles. The van der Waals surface area contributed by atoms with Crippen LogP contribution in [0.15, 0.2) is 0 Å². The molecule has 1 fully saturated rings. The van der Waals surface area contributed by atoms with Crippen LogP contribution in [0.25, 0.3) is 0 Å². The second-order valence-electron chi connectivity index (χ2n) is 2.59. The molecule has 0 aromatic heterocycles. The molecule has 1 aliphatic carbocycles. The van der Waals surface area contributed by atoms with Gasteiger partial charge in [-0.15, -0.1) is 12.4 Å². The zero-order chi connectivity index (χ0) is 6.69. The summed E-state index contributed by atoms with van der Waals surface area (Å²) in [6.45, 7) is 2.82. The normalized spacial score (nSPS) is 31.8. The number of hydrogen-bond acceptors (Lipinski definition) is 2. The van der Waals surface area contributed by atoms with E-state index in [2.05, 4.69) is 0 Å². The van der Waals surface area contributed by atoms with Crippen molar-refractivity contribution < 1.29 is 4.74 Å². The summed E-state index contributed by atoms with van der Waals surface area (Å²) in [5, 5.41) is 0. The van der Waals surface area contributed by atoms with Crippen LogP contribution in [0.1, 0.15) is 26.2 Å². The van der Waals surface area contributed by atoms with Crippen molar-refractivity contribution in [3.63, 3.8) is 0 Å². The summed E-state index contributed by atoms with van der Waals surface area (Å²) in [4.78, 5) is 0. The first kappa shape index (κ1) is 10.2. The molecular weight excluding hydrogens is 150 g/mol. The maximum atomic E-state index is 5.74. The number of nitrogens with two attached hydrogens (primary N) is 1. The van der Waals surface area contributed by atoms with Gasteiger partial charge in [-0.25, -0.2) is 0 Å². The summed E-state index contributed by atoms with van der Waals surface area (Å²) in [7, 11) is 0. The van der Waals surface area contributed by atoms with Crippen molar-refractivity contribution in [2.24, 2.45) is 5.73 Å². The third-order valence-corrected chi connectivity index (χ3v) is 1.88. The van der Waals surface area contributed by atoms with E-state index in [1.807, 2.05) is 6.92 Å². The maximum absolute atomic E-state index is 5.74. The molecule has 0 bridgehead atoms. The molecule has 62 valence electrons. The van der Waals surface area contributed by atoms with Crippen molar-refractivity contribution in [2.45, 2.75) is 38.3 Å². The molecule has 1 rings (SSSR count).